The fourth-order valence-electron chi connectivity index (χ4n) is 3.39. The molecule has 0 aliphatic rings. The highest BCUT2D eigenvalue weighted by molar-refractivity contribution is 5.80. The van der Waals surface area contributed by atoms with Crippen molar-refractivity contribution in [2.24, 2.45) is 11.8 Å². The van der Waals surface area contributed by atoms with Crippen LogP contribution in [0, 0.1) is 11.8 Å². The van der Waals surface area contributed by atoms with Gasteiger partial charge in [0, 0.05) is 0 Å². The van der Waals surface area contributed by atoms with E-state index in [0.29, 0.717) is 0 Å². The van der Waals surface area contributed by atoms with Gasteiger partial charge in [-0.15, -0.1) is 0 Å². The Morgan fingerprint density at radius 3 is 1.43 bits per heavy atom. The van der Waals surface area contributed by atoms with Gasteiger partial charge in [0.05, 0.1) is 11.8 Å². The Hall–Kier alpha value is -3.40. The molecular weight excluding hydrogens is 352 g/mol. The first kappa shape index (κ1) is 19.4. The van der Waals surface area contributed by atoms with E-state index in [0.717, 1.165) is 22.3 Å². The van der Waals surface area contributed by atoms with Gasteiger partial charge in [0.25, 0.3) is 0 Å². The van der Waals surface area contributed by atoms with E-state index in [-0.39, 0.29) is 12.8 Å². The molecule has 0 unspecified atom stereocenters. The zero-order valence-corrected chi connectivity index (χ0v) is 15.4. The number of carboxylic acid groups (broad SMARTS) is 2. The van der Waals surface area contributed by atoms with Crippen LogP contribution in [0.2, 0.25) is 0 Å². The summed E-state index contributed by atoms with van der Waals surface area (Å²) in [4.78, 5) is 23.7. The average Bonchev–Trinajstić information content (AvgIpc) is 2.72. The molecule has 3 aromatic rings. The molecule has 0 aliphatic carbocycles. The SMILES string of the molecule is O=C(O)[C@@H](Cc1ccc(-c2ccccc2)cc1)[C@@H](Cc1ccccc1)C(=O)O. The van der Waals surface area contributed by atoms with E-state index >= 15 is 0 Å². The minimum atomic E-state index is -1.09. The highest BCUT2D eigenvalue weighted by Gasteiger charge is 2.33. The molecule has 0 bridgehead atoms. The van der Waals surface area contributed by atoms with Crippen LogP contribution < -0.4 is 0 Å². The van der Waals surface area contributed by atoms with Crippen molar-refractivity contribution in [3.05, 3.63) is 96.1 Å². The maximum Gasteiger partial charge on any atom is 0.307 e. The summed E-state index contributed by atoms with van der Waals surface area (Å²) in [6, 6.07) is 26.7. The predicted octanol–water partition coefficient (Wildman–Crippen LogP) is 4.54. The van der Waals surface area contributed by atoms with E-state index in [9.17, 15) is 19.8 Å². The van der Waals surface area contributed by atoms with Crippen molar-refractivity contribution in [3.63, 3.8) is 0 Å². The maximum atomic E-state index is 11.9. The molecule has 0 radical (unpaired) electrons. The molecule has 0 fully saturated rings. The second-order valence-electron chi connectivity index (χ2n) is 6.85. The van der Waals surface area contributed by atoms with Crippen molar-refractivity contribution < 1.29 is 19.8 Å². The second-order valence-corrected chi connectivity index (χ2v) is 6.85. The number of benzene rings is 3. The van der Waals surface area contributed by atoms with Crippen molar-refractivity contribution in [1.29, 1.82) is 0 Å². The van der Waals surface area contributed by atoms with Gasteiger partial charge in [0.1, 0.15) is 0 Å². The number of carbonyl (C=O) groups is 2. The molecule has 0 saturated carbocycles. The summed E-state index contributed by atoms with van der Waals surface area (Å²) in [6.45, 7) is 0. The van der Waals surface area contributed by atoms with Gasteiger partial charge in [-0.25, -0.2) is 0 Å². The van der Waals surface area contributed by atoms with Crippen LogP contribution in [-0.2, 0) is 22.4 Å². The summed E-state index contributed by atoms with van der Waals surface area (Å²) in [5.74, 6) is -4.17. The largest absolute Gasteiger partial charge is 0.481 e. The number of rotatable bonds is 8. The number of carboxylic acids is 2. The van der Waals surface area contributed by atoms with E-state index < -0.39 is 23.8 Å². The molecular formula is C24H22O4. The molecule has 2 atom stereocenters. The summed E-state index contributed by atoms with van der Waals surface area (Å²) in [7, 11) is 0. The van der Waals surface area contributed by atoms with Crippen LogP contribution in [0.15, 0.2) is 84.9 Å². The van der Waals surface area contributed by atoms with Gasteiger partial charge in [-0.3, -0.25) is 9.59 Å². The van der Waals surface area contributed by atoms with E-state index in [1.165, 1.54) is 0 Å². The van der Waals surface area contributed by atoms with E-state index in [4.69, 9.17) is 0 Å². The van der Waals surface area contributed by atoms with Crippen molar-refractivity contribution in [2.45, 2.75) is 12.8 Å². The topological polar surface area (TPSA) is 74.6 Å². The average molecular weight is 374 g/mol. The van der Waals surface area contributed by atoms with Crippen molar-refractivity contribution in [3.8, 4) is 11.1 Å². The van der Waals surface area contributed by atoms with Gasteiger partial charge in [-0.1, -0.05) is 84.9 Å². The summed E-state index contributed by atoms with van der Waals surface area (Å²) in [5, 5.41) is 19.4. The molecule has 2 N–H and O–H groups in total. The van der Waals surface area contributed by atoms with Crippen LogP contribution in [0.4, 0.5) is 0 Å². The van der Waals surface area contributed by atoms with Gasteiger partial charge in [0.2, 0.25) is 0 Å². The van der Waals surface area contributed by atoms with Crippen LogP contribution in [0.25, 0.3) is 11.1 Å². The van der Waals surface area contributed by atoms with Gasteiger partial charge >= 0.3 is 11.9 Å². The molecule has 142 valence electrons. The van der Waals surface area contributed by atoms with Crippen LogP contribution in [0.5, 0.6) is 0 Å². The van der Waals surface area contributed by atoms with Crippen molar-refractivity contribution >= 4 is 11.9 Å². The highest BCUT2D eigenvalue weighted by atomic mass is 16.4. The molecule has 0 amide bonds. The maximum absolute atomic E-state index is 11.9. The Morgan fingerprint density at radius 2 is 0.964 bits per heavy atom. The van der Waals surface area contributed by atoms with Crippen LogP contribution >= 0.6 is 0 Å². The normalized spacial score (nSPS) is 12.9. The molecule has 3 aromatic carbocycles. The van der Waals surface area contributed by atoms with Crippen molar-refractivity contribution in [1.82, 2.24) is 0 Å². The van der Waals surface area contributed by atoms with E-state index in [2.05, 4.69) is 0 Å². The number of hydrogen-bond acceptors (Lipinski definition) is 2. The lowest BCUT2D eigenvalue weighted by Gasteiger charge is -2.21. The third-order valence-electron chi connectivity index (χ3n) is 4.94. The lowest BCUT2D eigenvalue weighted by molar-refractivity contribution is -0.153. The van der Waals surface area contributed by atoms with Gasteiger partial charge in [-0.05, 0) is 35.1 Å². The first-order valence-electron chi connectivity index (χ1n) is 9.18. The zero-order valence-electron chi connectivity index (χ0n) is 15.4. The molecule has 0 aliphatic heterocycles. The number of aliphatic carboxylic acids is 2. The minimum Gasteiger partial charge on any atom is -0.481 e. The Kier molecular flexibility index (Phi) is 6.22. The van der Waals surface area contributed by atoms with Gasteiger partial charge in [-0.2, -0.15) is 0 Å². The third kappa shape index (κ3) is 4.86. The predicted molar refractivity (Wildman–Crippen MR) is 108 cm³/mol. The standard InChI is InChI=1S/C24H22O4/c25-23(26)21(15-17-7-3-1-4-8-17)22(24(27)28)16-18-11-13-20(14-12-18)19-9-5-2-6-10-19/h1-14,21-22H,15-16H2,(H,25,26)(H,27,28)/t21-,22+/m1/s1. The summed E-state index contributed by atoms with van der Waals surface area (Å²) < 4.78 is 0. The summed E-state index contributed by atoms with van der Waals surface area (Å²) in [5.41, 5.74) is 3.75. The van der Waals surface area contributed by atoms with E-state index in [1.807, 2.05) is 84.9 Å². The third-order valence-corrected chi connectivity index (χ3v) is 4.94. The van der Waals surface area contributed by atoms with Crippen LogP contribution in [-0.4, -0.2) is 22.2 Å². The molecule has 0 aromatic heterocycles. The summed E-state index contributed by atoms with van der Waals surface area (Å²) in [6.07, 6.45) is 0.365. The molecule has 4 heteroatoms. The Balaban J connectivity index is 1.79. The molecule has 0 heterocycles. The van der Waals surface area contributed by atoms with Gasteiger partial charge < -0.3 is 10.2 Å². The lowest BCUT2D eigenvalue weighted by Crippen LogP contribution is -2.33. The minimum absolute atomic E-state index is 0.175. The van der Waals surface area contributed by atoms with Crippen LogP contribution in [0.3, 0.4) is 0 Å². The zero-order chi connectivity index (χ0) is 19.9. The Morgan fingerprint density at radius 1 is 0.571 bits per heavy atom. The molecule has 28 heavy (non-hydrogen) atoms. The monoisotopic (exact) mass is 374 g/mol. The summed E-state index contributed by atoms with van der Waals surface area (Å²) >= 11 is 0. The first-order chi connectivity index (χ1) is 13.5. The lowest BCUT2D eigenvalue weighted by atomic mass is 9.82. The van der Waals surface area contributed by atoms with Gasteiger partial charge in [0.15, 0.2) is 0 Å². The van der Waals surface area contributed by atoms with Crippen LogP contribution in [0.1, 0.15) is 11.1 Å². The fraction of sp³-hybridized carbons (Fsp3) is 0.167. The molecule has 4 nitrogen and oxygen atoms in total. The highest BCUT2D eigenvalue weighted by Crippen LogP contribution is 2.25. The van der Waals surface area contributed by atoms with E-state index in [1.54, 1.807) is 0 Å². The van der Waals surface area contributed by atoms with Crippen molar-refractivity contribution in [2.75, 3.05) is 0 Å². The molecule has 0 spiro atoms. The number of hydrogen-bond donors (Lipinski definition) is 2. The molecule has 3 rings (SSSR count). The quantitative estimate of drug-likeness (QED) is 0.607. The first-order valence-corrected chi connectivity index (χ1v) is 9.18. The second kappa shape index (κ2) is 9.00. The molecule has 0 saturated heterocycles. The Labute approximate surface area is 164 Å². The Bertz CT molecular complexity index is 918. The smallest absolute Gasteiger partial charge is 0.307 e. The fourth-order valence-corrected chi connectivity index (χ4v) is 3.39.